The highest BCUT2D eigenvalue weighted by molar-refractivity contribution is 6.32. The normalized spacial score (nSPS) is 16.4. The summed E-state index contributed by atoms with van der Waals surface area (Å²) < 4.78 is 28.3. The molecule has 1 amide bonds. The second kappa shape index (κ2) is 8.34. The molecular weight excluding hydrogens is 407 g/mol. The van der Waals surface area contributed by atoms with E-state index in [9.17, 15) is 13.6 Å². The summed E-state index contributed by atoms with van der Waals surface area (Å²) in [5.74, 6) is -1.36. The molecule has 2 aromatic carbocycles. The summed E-state index contributed by atoms with van der Waals surface area (Å²) in [6.45, 7) is 2.85. The van der Waals surface area contributed by atoms with Gasteiger partial charge in [0, 0.05) is 37.3 Å². The van der Waals surface area contributed by atoms with E-state index in [1.54, 1.807) is 28.0 Å². The van der Waals surface area contributed by atoms with Crippen molar-refractivity contribution in [1.29, 1.82) is 5.26 Å². The molecule has 0 spiro atoms. The lowest BCUT2D eigenvalue weighted by Crippen LogP contribution is -2.37. The van der Waals surface area contributed by atoms with Crippen molar-refractivity contribution in [3.8, 4) is 6.07 Å². The minimum atomic E-state index is -0.714. The van der Waals surface area contributed by atoms with Crippen molar-refractivity contribution in [2.75, 3.05) is 18.0 Å². The van der Waals surface area contributed by atoms with Crippen molar-refractivity contribution in [1.82, 2.24) is 4.90 Å². The predicted molar refractivity (Wildman–Crippen MR) is 104 cm³/mol. The van der Waals surface area contributed by atoms with Crippen LogP contribution >= 0.6 is 23.2 Å². The van der Waals surface area contributed by atoms with Gasteiger partial charge in [0.05, 0.1) is 21.7 Å². The highest BCUT2D eigenvalue weighted by atomic mass is 35.5. The quantitative estimate of drug-likeness (QED) is 0.650. The molecular formula is C20H17Cl2F2N3O. The average Bonchev–Trinajstić information content (AvgIpc) is 3.05. The van der Waals surface area contributed by atoms with Crippen LogP contribution in [-0.2, 0) is 11.3 Å². The Morgan fingerprint density at radius 3 is 2.57 bits per heavy atom. The number of carbonyl (C=O) groups is 1. The van der Waals surface area contributed by atoms with Gasteiger partial charge in [0.1, 0.15) is 17.7 Å². The smallest absolute Gasteiger partial charge is 0.224 e. The van der Waals surface area contributed by atoms with E-state index < -0.39 is 11.6 Å². The topological polar surface area (TPSA) is 47.3 Å². The van der Waals surface area contributed by atoms with E-state index in [4.69, 9.17) is 28.5 Å². The molecule has 4 nitrogen and oxygen atoms in total. The summed E-state index contributed by atoms with van der Waals surface area (Å²) in [4.78, 5) is 15.7. The van der Waals surface area contributed by atoms with Crippen molar-refractivity contribution in [2.24, 2.45) is 0 Å². The van der Waals surface area contributed by atoms with E-state index in [1.807, 2.05) is 13.0 Å². The SMILES string of the molecule is CCN1C[C@@H](N(Cc2c(F)ccc(F)c2Cl)c2ccc(C#N)c(Cl)c2)CC1=O. The number of hydrogen-bond acceptors (Lipinski definition) is 3. The number of anilines is 1. The summed E-state index contributed by atoms with van der Waals surface area (Å²) in [7, 11) is 0. The standard InChI is InChI=1S/C20H17Cl2F2N3O/c1-2-26-10-14(8-19(26)28)27(13-4-3-12(9-25)16(21)7-13)11-15-17(23)5-6-18(24)20(15)22/h3-7,14H,2,8,10-11H2,1H3/t14-/m0/s1. The summed E-state index contributed by atoms with van der Waals surface area (Å²) >= 11 is 12.2. The minimum Gasteiger partial charge on any atom is -0.362 e. The number of likely N-dealkylation sites (N-methyl/N-ethyl adjacent to an activating group) is 1. The molecule has 1 saturated heterocycles. The first kappa shape index (κ1) is 20.4. The largest absolute Gasteiger partial charge is 0.362 e. The zero-order valence-corrected chi connectivity index (χ0v) is 16.6. The molecule has 146 valence electrons. The monoisotopic (exact) mass is 423 g/mol. The third kappa shape index (κ3) is 3.91. The van der Waals surface area contributed by atoms with Crippen LogP contribution in [0.2, 0.25) is 10.0 Å². The van der Waals surface area contributed by atoms with Crippen LogP contribution in [0.1, 0.15) is 24.5 Å². The van der Waals surface area contributed by atoms with Gasteiger partial charge in [-0.25, -0.2) is 8.78 Å². The Balaban J connectivity index is 2.03. The average molecular weight is 424 g/mol. The van der Waals surface area contributed by atoms with Gasteiger partial charge < -0.3 is 9.80 Å². The van der Waals surface area contributed by atoms with Gasteiger partial charge in [0.2, 0.25) is 5.91 Å². The molecule has 1 aliphatic rings. The fourth-order valence-electron chi connectivity index (χ4n) is 3.35. The van der Waals surface area contributed by atoms with Gasteiger partial charge in [-0.1, -0.05) is 23.2 Å². The minimum absolute atomic E-state index is 0.00421. The summed E-state index contributed by atoms with van der Waals surface area (Å²) in [6, 6.07) is 8.54. The number of amides is 1. The molecule has 1 atom stereocenters. The molecule has 0 N–H and O–H groups in total. The number of likely N-dealkylation sites (tertiary alicyclic amines) is 1. The lowest BCUT2D eigenvalue weighted by atomic mass is 10.1. The van der Waals surface area contributed by atoms with E-state index in [-0.39, 0.29) is 40.5 Å². The number of nitrogens with zero attached hydrogens (tertiary/aromatic N) is 3. The summed E-state index contributed by atoms with van der Waals surface area (Å²) in [6.07, 6.45) is 0.236. The van der Waals surface area contributed by atoms with Gasteiger partial charge in [0.25, 0.3) is 0 Å². The molecule has 8 heteroatoms. The van der Waals surface area contributed by atoms with Crippen LogP contribution in [0.4, 0.5) is 14.5 Å². The van der Waals surface area contributed by atoms with Gasteiger partial charge in [-0.05, 0) is 37.3 Å². The molecule has 0 saturated carbocycles. The Labute approximate surface area is 171 Å². The summed E-state index contributed by atoms with van der Waals surface area (Å²) in [5, 5.41) is 9.04. The Hall–Kier alpha value is -2.36. The van der Waals surface area contributed by atoms with E-state index in [0.29, 0.717) is 24.3 Å². The van der Waals surface area contributed by atoms with Crippen LogP contribution in [0, 0.1) is 23.0 Å². The number of benzene rings is 2. The molecule has 0 aliphatic carbocycles. The lowest BCUT2D eigenvalue weighted by Gasteiger charge is -2.31. The maximum atomic E-state index is 14.4. The van der Waals surface area contributed by atoms with Gasteiger partial charge in [0.15, 0.2) is 0 Å². The first-order chi connectivity index (χ1) is 13.3. The van der Waals surface area contributed by atoms with Crippen LogP contribution in [0.25, 0.3) is 0 Å². The van der Waals surface area contributed by atoms with Crippen molar-refractivity contribution in [3.05, 3.63) is 63.1 Å². The highest BCUT2D eigenvalue weighted by Gasteiger charge is 2.34. The maximum Gasteiger partial charge on any atom is 0.224 e. The number of rotatable bonds is 5. The van der Waals surface area contributed by atoms with E-state index >= 15 is 0 Å². The Kier molecular flexibility index (Phi) is 6.07. The third-order valence-corrected chi connectivity index (χ3v) is 5.61. The number of nitriles is 1. The fourth-order valence-corrected chi connectivity index (χ4v) is 3.78. The van der Waals surface area contributed by atoms with Crippen molar-refractivity contribution < 1.29 is 13.6 Å². The molecule has 0 radical (unpaired) electrons. The van der Waals surface area contributed by atoms with Crippen LogP contribution in [0.15, 0.2) is 30.3 Å². The fraction of sp³-hybridized carbons (Fsp3) is 0.300. The van der Waals surface area contributed by atoms with Crippen LogP contribution in [0.5, 0.6) is 0 Å². The predicted octanol–water partition coefficient (Wildman–Crippen LogP) is 4.77. The third-order valence-electron chi connectivity index (χ3n) is 4.89. The zero-order chi connectivity index (χ0) is 20.4. The Bertz CT molecular complexity index is 961. The zero-order valence-electron chi connectivity index (χ0n) is 15.1. The molecule has 0 unspecified atom stereocenters. The number of hydrogen-bond donors (Lipinski definition) is 0. The molecule has 1 aliphatic heterocycles. The van der Waals surface area contributed by atoms with E-state index in [0.717, 1.165) is 12.1 Å². The van der Waals surface area contributed by atoms with Gasteiger partial charge in [-0.15, -0.1) is 0 Å². The molecule has 1 heterocycles. The first-order valence-corrected chi connectivity index (χ1v) is 9.47. The summed E-state index contributed by atoms with van der Waals surface area (Å²) in [5.41, 5.74) is 0.905. The van der Waals surface area contributed by atoms with Crippen molar-refractivity contribution >= 4 is 34.8 Å². The molecule has 1 fully saturated rings. The van der Waals surface area contributed by atoms with E-state index in [2.05, 4.69) is 0 Å². The van der Waals surface area contributed by atoms with Crippen LogP contribution < -0.4 is 4.90 Å². The lowest BCUT2D eigenvalue weighted by molar-refractivity contribution is -0.127. The van der Waals surface area contributed by atoms with Crippen molar-refractivity contribution in [3.63, 3.8) is 0 Å². The Morgan fingerprint density at radius 2 is 1.96 bits per heavy atom. The van der Waals surface area contributed by atoms with E-state index in [1.165, 1.54) is 0 Å². The molecule has 2 aromatic rings. The van der Waals surface area contributed by atoms with Gasteiger partial charge in [-0.3, -0.25) is 4.79 Å². The second-order valence-corrected chi connectivity index (χ2v) is 7.30. The van der Waals surface area contributed by atoms with Crippen molar-refractivity contribution in [2.45, 2.75) is 25.9 Å². The molecule has 0 bridgehead atoms. The maximum absolute atomic E-state index is 14.4. The van der Waals surface area contributed by atoms with Gasteiger partial charge in [-0.2, -0.15) is 5.26 Å². The highest BCUT2D eigenvalue weighted by Crippen LogP contribution is 2.32. The van der Waals surface area contributed by atoms with Gasteiger partial charge >= 0.3 is 0 Å². The second-order valence-electron chi connectivity index (χ2n) is 6.52. The Morgan fingerprint density at radius 1 is 1.25 bits per heavy atom. The first-order valence-electron chi connectivity index (χ1n) is 8.72. The molecule has 0 aromatic heterocycles. The number of halogens is 4. The molecule has 3 rings (SSSR count). The molecule has 28 heavy (non-hydrogen) atoms. The van der Waals surface area contributed by atoms with Crippen LogP contribution in [-0.4, -0.2) is 29.9 Å². The van der Waals surface area contributed by atoms with Crippen LogP contribution in [0.3, 0.4) is 0 Å². The number of carbonyl (C=O) groups excluding carboxylic acids is 1.